The molecule has 0 aromatic rings. The second-order valence-electron chi connectivity index (χ2n) is 8.26. The number of unbranched alkanes of at least 4 members (excludes halogenated alkanes) is 11. The van der Waals surface area contributed by atoms with E-state index in [1.54, 1.807) is 0 Å². The number of carboxylic acid groups (broad SMARTS) is 1. The summed E-state index contributed by atoms with van der Waals surface area (Å²) in [5, 5.41) is 19.4. The minimum Gasteiger partial charge on any atom is -0.545 e. The van der Waals surface area contributed by atoms with Crippen LogP contribution in [0.3, 0.4) is 0 Å². The summed E-state index contributed by atoms with van der Waals surface area (Å²) < 4.78 is 4.85. The van der Waals surface area contributed by atoms with Crippen LogP contribution in [0.15, 0.2) is 24.3 Å². The molecule has 0 aliphatic rings. The van der Waals surface area contributed by atoms with Gasteiger partial charge in [0.25, 0.3) is 0 Å². The zero-order chi connectivity index (χ0) is 24.6. The molecule has 0 rings (SSSR count). The van der Waals surface area contributed by atoms with E-state index >= 15 is 0 Å². The second-order valence-corrected chi connectivity index (χ2v) is 8.26. The van der Waals surface area contributed by atoms with E-state index in [0.717, 1.165) is 38.2 Å². The van der Waals surface area contributed by atoms with Gasteiger partial charge in [0.1, 0.15) is 6.61 Å². The van der Waals surface area contributed by atoms with E-state index in [-0.39, 0.29) is 61.8 Å². The molecule has 0 aliphatic carbocycles. The molecule has 0 unspecified atom stereocenters. The van der Waals surface area contributed by atoms with E-state index in [2.05, 4.69) is 19.1 Å². The van der Waals surface area contributed by atoms with Crippen LogP contribution in [0.1, 0.15) is 96.8 Å². The summed E-state index contributed by atoms with van der Waals surface area (Å²) in [4.78, 5) is 35.4. The minimum atomic E-state index is -1.48. The van der Waals surface area contributed by atoms with Crippen molar-refractivity contribution in [1.82, 2.24) is 4.90 Å². The number of hydrogen-bond donors (Lipinski definition) is 1. The largest absolute Gasteiger partial charge is 1.00 e. The summed E-state index contributed by atoms with van der Waals surface area (Å²) in [7, 11) is 0. The summed E-state index contributed by atoms with van der Waals surface area (Å²) in [6.45, 7) is 2.35. The fraction of sp³-hybridized carbons (Fsp3) is 0.731. The Morgan fingerprint density at radius 3 is 1.94 bits per heavy atom. The number of nitrogens with zero attached hydrogens (tertiary/aromatic N) is 1. The molecule has 0 saturated carbocycles. The molecule has 0 spiro atoms. The summed E-state index contributed by atoms with van der Waals surface area (Å²) in [5.41, 5.74) is 0. The van der Waals surface area contributed by atoms with Gasteiger partial charge in [0.15, 0.2) is 0 Å². The maximum atomic E-state index is 12.3. The van der Waals surface area contributed by atoms with Crippen molar-refractivity contribution >= 4 is 17.8 Å². The maximum Gasteiger partial charge on any atom is 1.00 e. The molecule has 0 fully saturated rings. The van der Waals surface area contributed by atoms with E-state index in [4.69, 9.17) is 9.84 Å². The average molecular weight is 490 g/mol. The van der Waals surface area contributed by atoms with Crippen LogP contribution in [0.4, 0.5) is 0 Å². The monoisotopic (exact) mass is 489 g/mol. The molecule has 0 aromatic heterocycles. The molecule has 0 aliphatic heterocycles. The molecule has 0 radical (unpaired) electrons. The first-order valence-corrected chi connectivity index (χ1v) is 12.6. The number of aliphatic carboxylic acids is 1. The third kappa shape index (κ3) is 24.0. The zero-order valence-corrected chi connectivity index (χ0v) is 23.5. The van der Waals surface area contributed by atoms with Crippen molar-refractivity contribution in [2.75, 3.05) is 26.3 Å². The molecule has 0 aromatic carbocycles. The van der Waals surface area contributed by atoms with Crippen molar-refractivity contribution in [3.8, 4) is 0 Å². The zero-order valence-electron chi connectivity index (χ0n) is 21.5. The van der Waals surface area contributed by atoms with Crippen LogP contribution in [0.25, 0.3) is 0 Å². The second kappa shape index (κ2) is 26.5. The van der Waals surface area contributed by atoms with Gasteiger partial charge in [-0.25, -0.2) is 4.79 Å². The molecule has 0 atom stereocenters. The van der Waals surface area contributed by atoms with Crippen LogP contribution in [-0.4, -0.2) is 54.2 Å². The molecular weight excluding hydrogens is 445 g/mol. The minimum absolute atomic E-state index is 0. The van der Waals surface area contributed by atoms with E-state index < -0.39 is 11.9 Å². The van der Waals surface area contributed by atoms with Crippen LogP contribution in [0.5, 0.6) is 0 Å². The Morgan fingerprint density at radius 2 is 1.38 bits per heavy atom. The molecule has 34 heavy (non-hydrogen) atoms. The van der Waals surface area contributed by atoms with Gasteiger partial charge in [0.05, 0.1) is 19.1 Å². The summed E-state index contributed by atoms with van der Waals surface area (Å²) >= 11 is 0. The first-order chi connectivity index (χ1) is 16.0. The van der Waals surface area contributed by atoms with Crippen molar-refractivity contribution in [3.63, 3.8) is 0 Å². The van der Waals surface area contributed by atoms with E-state index in [0.29, 0.717) is 12.5 Å². The summed E-state index contributed by atoms with van der Waals surface area (Å²) in [6, 6.07) is 0. The van der Waals surface area contributed by atoms with Gasteiger partial charge in [-0.05, 0) is 38.2 Å². The molecule has 0 saturated heterocycles. The van der Waals surface area contributed by atoms with Crippen LogP contribution in [-0.2, 0) is 19.1 Å². The van der Waals surface area contributed by atoms with Crippen LogP contribution in [0, 0.1) is 0 Å². The van der Waals surface area contributed by atoms with Gasteiger partial charge in [0, 0.05) is 19.0 Å². The van der Waals surface area contributed by atoms with Crippen LogP contribution >= 0.6 is 0 Å². The third-order valence-electron chi connectivity index (χ3n) is 5.34. The fourth-order valence-corrected chi connectivity index (χ4v) is 3.43. The third-order valence-corrected chi connectivity index (χ3v) is 5.34. The van der Waals surface area contributed by atoms with Crippen molar-refractivity contribution in [3.05, 3.63) is 24.3 Å². The Balaban J connectivity index is 0. The molecular formula is C26H44NNaO6. The number of carbonyl (C=O) groups excluding carboxylic acids is 3. The van der Waals surface area contributed by atoms with Crippen molar-refractivity contribution in [1.29, 1.82) is 0 Å². The molecule has 1 amide bonds. The number of carboxylic acids is 1. The van der Waals surface area contributed by atoms with Crippen molar-refractivity contribution < 1.29 is 58.9 Å². The molecule has 190 valence electrons. The number of hydrogen-bond acceptors (Lipinski definition) is 6. The Labute approximate surface area is 228 Å². The number of carbonyl (C=O) groups is 3. The van der Waals surface area contributed by atoms with Gasteiger partial charge < -0.3 is 24.6 Å². The fourth-order valence-electron chi connectivity index (χ4n) is 3.43. The summed E-state index contributed by atoms with van der Waals surface area (Å²) in [5.74, 6) is -2.38. The quantitative estimate of drug-likeness (QED) is 0.0789. The first kappa shape index (κ1) is 35.0. The maximum absolute atomic E-state index is 12.3. The number of aliphatic hydroxyl groups excluding tert-OH is 1. The molecule has 0 bridgehead atoms. The number of allylic oxidation sites excluding steroid dienone is 2. The molecule has 8 heteroatoms. The summed E-state index contributed by atoms with van der Waals surface area (Å²) in [6.07, 6.45) is 21.9. The normalized spacial score (nSPS) is 11.0. The Bertz CT molecular complexity index is 580. The van der Waals surface area contributed by atoms with Gasteiger partial charge >= 0.3 is 35.5 Å². The Kier molecular flexibility index (Phi) is 27.2. The van der Waals surface area contributed by atoms with Gasteiger partial charge in [-0.15, -0.1) is 0 Å². The number of amides is 1. The van der Waals surface area contributed by atoms with E-state index in [1.807, 2.05) is 0 Å². The smallest absolute Gasteiger partial charge is 0.545 e. The van der Waals surface area contributed by atoms with E-state index in [9.17, 15) is 19.5 Å². The van der Waals surface area contributed by atoms with Crippen molar-refractivity contribution in [2.24, 2.45) is 0 Å². The topological polar surface area (TPSA) is 107 Å². The van der Waals surface area contributed by atoms with Crippen LogP contribution in [0.2, 0.25) is 0 Å². The molecule has 1 N–H and O–H groups in total. The van der Waals surface area contributed by atoms with Crippen LogP contribution < -0.4 is 34.7 Å². The average Bonchev–Trinajstić information content (AvgIpc) is 2.79. The molecule has 0 heterocycles. The van der Waals surface area contributed by atoms with E-state index in [1.165, 1.54) is 56.3 Å². The molecule has 7 nitrogen and oxygen atoms in total. The number of aliphatic hydroxyl groups is 1. The Morgan fingerprint density at radius 1 is 0.824 bits per heavy atom. The van der Waals surface area contributed by atoms with Gasteiger partial charge in [-0.1, -0.05) is 70.4 Å². The predicted molar refractivity (Wildman–Crippen MR) is 128 cm³/mol. The Hall–Kier alpha value is -1.15. The van der Waals surface area contributed by atoms with Gasteiger partial charge in [-0.2, -0.15) is 0 Å². The predicted octanol–water partition coefficient (Wildman–Crippen LogP) is 0.698. The number of ether oxygens (including phenoxy) is 1. The number of rotatable bonds is 22. The number of esters is 1. The SMILES string of the molecule is CCCCCCCC/C=C\CCCCCCCC(=O)N(CCO)CCOC(=O)/C=C\C(=O)[O-].[Na+]. The van der Waals surface area contributed by atoms with Gasteiger partial charge in [-0.3, -0.25) is 4.79 Å². The first-order valence-electron chi connectivity index (χ1n) is 12.6. The van der Waals surface area contributed by atoms with Gasteiger partial charge in [0.2, 0.25) is 5.91 Å². The standard InChI is InChI=1S/C26H45NO6.Na/c1-2-3-4-5-6-7-8-9-10-11-12-13-14-15-16-17-24(29)27(20-22-28)21-23-33-26(32)19-18-25(30)31;/h9-10,18-19,28H,2-8,11-17,20-23H2,1H3,(H,30,31);/q;+1/p-1/b10-9-,19-18-;. The van der Waals surface area contributed by atoms with Crippen molar-refractivity contribution in [2.45, 2.75) is 96.8 Å².